The van der Waals surface area contributed by atoms with Crippen LogP contribution in [-0.4, -0.2) is 23.0 Å². The van der Waals surface area contributed by atoms with Gasteiger partial charge >= 0.3 is 0 Å². The summed E-state index contributed by atoms with van der Waals surface area (Å²) in [6.45, 7) is 12.7. The van der Waals surface area contributed by atoms with Crippen LogP contribution in [0.4, 0.5) is 11.5 Å². The molecule has 146 valence electrons. The van der Waals surface area contributed by atoms with Crippen LogP contribution in [-0.2, 0) is 16.8 Å². The number of hydrogen-bond acceptors (Lipinski definition) is 5. The average molecular weight is 370 g/mol. The van der Waals surface area contributed by atoms with Gasteiger partial charge in [-0.1, -0.05) is 40.7 Å². The Morgan fingerprint density at radius 3 is 2.44 bits per heavy atom. The summed E-state index contributed by atoms with van der Waals surface area (Å²) in [5.74, 6) is 2.38. The summed E-state index contributed by atoms with van der Waals surface area (Å²) in [5.41, 5.74) is 2.63. The van der Waals surface area contributed by atoms with Crippen molar-refractivity contribution in [3.63, 3.8) is 0 Å². The monoisotopic (exact) mass is 370 g/mol. The Morgan fingerprint density at radius 1 is 1.19 bits per heavy atom. The third kappa shape index (κ3) is 5.67. The van der Waals surface area contributed by atoms with Crippen LogP contribution in [0.3, 0.4) is 0 Å². The second-order valence-electron chi connectivity index (χ2n) is 7.97. The lowest BCUT2D eigenvalue weighted by molar-refractivity contribution is -0.114. The minimum absolute atomic E-state index is 0.0539. The van der Waals surface area contributed by atoms with Crippen molar-refractivity contribution in [2.75, 3.05) is 17.7 Å². The molecule has 0 aliphatic rings. The largest absolute Gasteiger partial charge is 0.495 e. The number of nitrogens with one attached hydrogen (secondary N) is 2. The molecule has 1 aromatic heterocycles. The molecule has 2 rings (SSSR count). The quantitative estimate of drug-likeness (QED) is 0.784. The van der Waals surface area contributed by atoms with Crippen molar-refractivity contribution in [3.8, 4) is 5.75 Å². The van der Waals surface area contributed by atoms with Gasteiger partial charge in [-0.15, -0.1) is 0 Å². The van der Waals surface area contributed by atoms with E-state index < -0.39 is 0 Å². The lowest BCUT2D eigenvalue weighted by Crippen LogP contribution is -2.17. The molecule has 2 aromatic rings. The predicted octanol–water partition coefficient (Wildman–Crippen LogP) is 4.48. The molecule has 0 fully saturated rings. The topological polar surface area (TPSA) is 76.1 Å². The standard InChI is InChI=1S/C21H30N4O2/c1-13(2)20-24-18(21(4,5)6)11-19(25-20)22-12-15-8-9-17(27-7)16(10-15)23-14(3)26/h8-11,13H,12H2,1-7H3,(H,23,26)(H,22,24,25). The molecule has 6 heteroatoms. The summed E-state index contributed by atoms with van der Waals surface area (Å²) in [6.07, 6.45) is 0. The van der Waals surface area contributed by atoms with Crippen molar-refractivity contribution in [3.05, 3.63) is 41.3 Å². The van der Waals surface area contributed by atoms with E-state index in [-0.39, 0.29) is 17.2 Å². The number of methoxy groups -OCH3 is 1. The van der Waals surface area contributed by atoms with Crippen LogP contribution >= 0.6 is 0 Å². The first-order chi connectivity index (χ1) is 12.6. The van der Waals surface area contributed by atoms with Crippen LogP contribution in [0.5, 0.6) is 5.75 Å². The van der Waals surface area contributed by atoms with Gasteiger partial charge in [0.1, 0.15) is 17.4 Å². The third-order valence-electron chi connectivity index (χ3n) is 4.08. The second-order valence-corrected chi connectivity index (χ2v) is 7.97. The van der Waals surface area contributed by atoms with Gasteiger partial charge in [0.25, 0.3) is 0 Å². The highest BCUT2D eigenvalue weighted by Crippen LogP contribution is 2.27. The normalized spacial score (nSPS) is 11.4. The number of carbonyl (C=O) groups excluding carboxylic acids is 1. The minimum atomic E-state index is -0.134. The van der Waals surface area contributed by atoms with Gasteiger partial charge in [-0.25, -0.2) is 9.97 Å². The Balaban J connectivity index is 2.25. The minimum Gasteiger partial charge on any atom is -0.495 e. The van der Waals surface area contributed by atoms with E-state index in [1.807, 2.05) is 24.3 Å². The molecule has 1 aromatic carbocycles. The van der Waals surface area contributed by atoms with Crippen LogP contribution < -0.4 is 15.4 Å². The number of ether oxygens (including phenoxy) is 1. The Labute approximate surface area is 161 Å². The molecule has 0 bridgehead atoms. The molecule has 0 aliphatic heterocycles. The molecule has 0 radical (unpaired) electrons. The van der Waals surface area contributed by atoms with Crippen molar-refractivity contribution < 1.29 is 9.53 Å². The molecule has 1 amide bonds. The fraction of sp³-hybridized carbons (Fsp3) is 0.476. The van der Waals surface area contributed by atoms with E-state index in [0.717, 1.165) is 22.9 Å². The molecule has 2 N–H and O–H groups in total. The van der Waals surface area contributed by atoms with Gasteiger partial charge in [0.05, 0.1) is 18.5 Å². The van der Waals surface area contributed by atoms with Gasteiger partial charge in [0.15, 0.2) is 0 Å². The molecule has 0 aliphatic carbocycles. The Kier molecular flexibility index (Phi) is 6.41. The summed E-state index contributed by atoms with van der Waals surface area (Å²) in [5, 5.41) is 6.18. The molecule has 0 saturated heterocycles. The highest BCUT2D eigenvalue weighted by atomic mass is 16.5. The zero-order valence-electron chi connectivity index (χ0n) is 17.3. The van der Waals surface area contributed by atoms with E-state index in [0.29, 0.717) is 18.0 Å². The molecule has 0 atom stereocenters. The smallest absolute Gasteiger partial charge is 0.221 e. The summed E-state index contributed by atoms with van der Waals surface area (Å²) in [6, 6.07) is 7.72. The molecule has 27 heavy (non-hydrogen) atoms. The molecule has 6 nitrogen and oxygen atoms in total. The van der Waals surface area contributed by atoms with Gasteiger partial charge in [-0.05, 0) is 17.7 Å². The van der Waals surface area contributed by atoms with E-state index in [1.54, 1.807) is 7.11 Å². The Morgan fingerprint density at radius 2 is 1.89 bits per heavy atom. The van der Waals surface area contributed by atoms with Crippen molar-refractivity contribution >= 4 is 17.4 Å². The fourth-order valence-electron chi connectivity index (χ4n) is 2.54. The van der Waals surface area contributed by atoms with E-state index in [2.05, 4.69) is 50.2 Å². The van der Waals surface area contributed by atoms with E-state index >= 15 is 0 Å². The number of aromatic nitrogens is 2. The Hall–Kier alpha value is -2.63. The van der Waals surface area contributed by atoms with Crippen LogP contribution in [0.1, 0.15) is 64.5 Å². The molecular formula is C21H30N4O2. The number of nitrogens with zero attached hydrogens (tertiary/aromatic N) is 2. The first kappa shape index (κ1) is 20.7. The van der Waals surface area contributed by atoms with Gasteiger partial charge in [0.2, 0.25) is 5.91 Å². The molecule has 0 unspecified atom stereocenters. The average Bonchev–Trinajstić information content (AvgIpc) is 2.58. The highest BCUT2D eigenvalue weighted by molar-refractivity contribution is 5.90. The number of carbonyl (C=O) groups is 1. The summed E-state index contributed by atoms with van der Waals surface area (Å²) in [4.78, 5) is 20.8. The van der Waals surface area contributed by atoms with Gasteiger partial charge in [-0.2, -0.15) is 0 Å². The maximum Gasteiger partial charge on any atom is 0.221 e. The molecule has 1 heterocycles. The summed E-state index contributed by atoms with van der Waals surface area (Å²) < 4.78 is 5.30. The number of amides is 1. The number of benzene rings is 1. The second kappa shape index (κ2) is 8.37. The van der Waals surface area contributed by atoms with Crippen molar-refractivity contribution in [2.45, 2.75) is 59.4 Å². The van der Waals surface area contributed by atoms with Crippen LogP contribution in [0.15, 0.2) is 24.3 Å². The Bertz CT molecular complexity index is 810. The fourth-order valence-corrected chi connectivity index (χ4v) is 2.54. The van der Waals surface area contributed by atoms with Crippen LogP contribution in [0.25, 0.3) is 0 Å². The molecule has 0 spiro atoms. The van der Waals surface area contributed by atoms with Gasteiger partial charge < -0.3 is 15.4 Å². The van der Waals surface area contributed by atoms with E-state index in [4.69, 9.17) is 9.72 Å². The SMILES string of the molecule is COc1ccc(CNc2cc(C(C)(C)C)nc(C(C)C)n2)cc1NC(C)=O. The van der Waals surface area contributed by atoms with Crippen molar-refractivity contribution in [2.24, 2.45) is 0 Å². The first-order valence-corrected chi connectivity index (χ1v) is 9.18. The van der Waals surface area contributed by atoms with Crippen molar-refractivity contribution in [1.29, 1.82) is 0 Å². The van der Waals surface area contributed by atoms with Crippen LogP contribution in [0, 0.1) is 0 Å². The van der Waals surface area contributed by atoms with Crippen molar-refractivity contribution in [1.82, 2.24) is 9.97 Å². The maximum absolute atomic E-state index is 11.4. The predicted molar refractivity (Wildman–Crippen MR) is 109 cm³/mol. The zero-order chi connectivity index (χ0) is 20.2. The van der Waals surface area contributed by atoms with Gasteiger partial charge in [0, 0.05) is 30.9 Å². The lowest BCUT2D eigenvalue weighted by atomic mass is 9.91. The highest BCUT2D eigenvalue weighted by Gasteiger charge is 2.19. The van der Waals surface area contributed by atoms with Crippen LogP contribution in [0.2, 0.25) is 0 Å². The number of hydrogen-bond donors (Lipinski definition) is 2. The molecular weight excluding hydrogens is 340 g/mol. The zero-order valence-corrected chi connectivity index (χ0v) is 17.3. The molecule has 0 saturated carbocycles. The van der Waals surface area contributed by atoms with E-state index in [9.17, 15) is 4.79 Å². The lowest BCUT2D eigenvalue weighted by Gasteiger charge is -2.20. The third-order valence-corrected chi connectivity index (χ3v) is 4.08. The maximum atomic E-state index is 11.4. The number of rotatable bonds is 6. The van der Waals surface area contributed by atoms with E-state index in [1.165, 1.54) is 6.92 Å². The first-order valence-electron chi connectivity index (χ1n) is 9.18. The van der Waals surface area contributed by atoms with Gasteiger partial charge in [-0.3, -0.25) is 4.79 Å². The number of anilines is 2. The summed E-state index contributed by atoms with van der Waals surface area (Å²) >= 11 is 0. The summed E-state index contributed by atoms with van der Waals surface area (Å²) in [7, 11) is 1.58.